The van der Waals surface area contributed by atoms with Gasteiger partial charge in [0.2, 0.25) is 0 Å². The molecule has 0 fully saturated rings. The first kappa shape index (κ1) is 14.4. The van der Waals surface area contributed by atoms with E-state index in [-0.39, 0.29) is 16.4 Å². The number of aromatic nitrogens is 2. The van der Waals surface area contributed by atoms with E-state index in [1.54, 1.807) is 24.8 Å². The van der Waals surface area contributed by atoms with Crippen LogP contribution >= 0.6 is 0 Å². The molecule has 2 N–H and O–H groups in total. The van der Waals surface area contributed by atoms with Crippen LogP contribution in [0.15, 0.2) is 41.8 Å². The average molecular weight is 295 g/mol. The maximum Gasteiger partial charge on any atom is 0.182 e. The van der Waals surface area contributed by atoms with Gasteiger partial charge in [-0.25, -0.2) is 13.4 Å². The molecule has 108 valence electrons. The Balaban J connectivity index is 2.10. The molecule has 1 aromatic heterocycles. The van der Waals surface area contributed by atoms with Gasteiger partial charge in [0.1, 0.15) is 10.6 Å². The number of anilines is 1. The zero-order valence-electron chi connectivity index (χ0n) is 11.2. The predicted molar refractivity (Wildman–Crippen MR) is 76.3 cm³/mol. The molecule has 0 unspecified atom stereocenters. The summed E-state index contributed by atoms with van der Waals surface area (Å²) in [5.41, 5.74) is 6.10. The molecule has 7 heteroatoms. The minimum Gasteiger partial charge on any atom is -0.495 e. The Hall–Kier alpha value is -2.02. The normalized spacial score (nSPS) is 11.4. The molecule has 0 spiro atoms. The second-order valence-electron chi connectivity index (χ2n) is 4.38. The lowest BCUT2D eigenvalue weighted by atomic mass is 10.3. The van der Waals surface area contributed by atoms with Crippen molar-refractivity contribution in [3.8, 4) is 5.75 Å². The van der Waals surface area contributed by atoms with E-state index in [0.29, 0.717) is 18.7 Å². The first-order valence-corrected chi connectivity index (χ1v) is 7.80. The Morgan fingerprint density at radius 2 is 2.20 bits per heavy atom. The molecule has 2 rings (SSSR count). The number of ether oxygens (including phenoxy) is 1. The average Bonchev–Trinajstić information content (AvgIpc) is 2.91. The summed E-state index contributed by atoms with van der Waals surface area (Å²) >= 11 is 0. The van der Waals surface area contributed by atoms with Gasteiger partial charge in [0.15, 0.2) is 9.84 Å². The molecule has 0 aliphatic carbocycles. The molecule has 0 aliphatic rings. The number of methoxy groups -OCH3 is 1. The van der Waals surface area contributed by atoms with Crippen LogP contribution in [0.2, 0.25) is 0 Å². The Kier molecular flexibility index (Phi) is 4.29. The minimum absolute atomic E-state index is 0.0471. The summed E-state index contributed by atoms with van der Waals surface area (Å²) < 4.78 is 31.5. The number of benzene rings is 1. The number of nitrogens with zero attached hydrogens (tertiary/aromatic N) is 2. The summed E-state index contributed by atoms with van der Waals surface area (Å²) in [7, 11) is -1.96. The highest BCUT2D eigenvalue weighted by atomic mass is 32.2. The number of imidazole rings is 1. The van der Waals surface area contributed by atoms with E-state index in [9.17, 15) is 8.42 Å². The van der Waals surface area contributed by atoms with Crippen LogP contribution in [-0.2, 0) is 16.4 Å². The molecule has 0 aliphatic heterocycles. The van der Waals surface area contributed by atoms with Crippen LogP contribution in [0, 0.1) is 0 Å². The Morgan fingerprint density at radius 3 is 2.85 bits per heavy atom. The number of hydrogen-bond donors (Lipinski definition) is 1. The van der Waals surface area contributed by atoms with E-state index in [1.165, 1.54) is 19.2 Å². The first-order valence-electron chi connectivity index (χ1n) is 6.15. The van der Waals surface area contributed by atoms with Crippen molar-refractivity contribution >= 4 is 15.5 Å². The molecule has 2 aromatic rings. The zero-order valence-corrected chi connectivity index (χ0v) is 12.0. The minimum atomic E-state index is -3.39. The summed E-state index contributed by atoms with van der Waals surface area (Å²) in [6.45, 7) is 0.608. The van der Waals surface area contributed by atoms with Gasteiger partial charge in [0, 0.05) is 30.7 Å². The number of sulfone groups is 1. The number of nitrogen functional groups attached to an aromatic ring is 1. The van der Waals surface area contributed by atoms with Crippen molar-refractivity contribution in [1.82, 2.24) is 9.55 Å². The maximum absolute atomic E-state index is 12.3. The molecule has 6 nitrogen and oxygen atoms in total. The fourth-order valence-corrected chi connectivity index (χ4v) is 3.36. The monoisotopic (exact) mass is 295 g/mol. The summed E-state index contributed by atoms with van der Waals surface area (Å²) in [4.78, 5) is 4.09. The molecule has 0 atom stereocenters. The standard InChI is InChI=1S/C13H17N3O3S/c1-19-12-9-11(14)3-4-13(12)20(17,18)8-2-6-16-7-5-15-10-16/h3-5,7,9-10H,2,6,8,14H2,1H3. The fourth-order valence-electron chi connectivity index (χ4n) is 1.91. The number of aryl methyl sites for hydroxylation is 1. The third kappa shape index (κ3) is 3.30. The van der Waals surface area contributed by atoms with Crippen LogP contribution in [0.3, 0.4) is 0 Å². The second-order valence-corrected chi connectivity index (χ2v) is 6.46. The van der Waals surface area contributed by atoms with Crippen LogP contribution in [0.1, 0.15) is 6.42 Å². The van der Waals surface area contributed by atoms with E-state index < -0.39 is 9.84 Å². The molecule has 0 saturated heterocycles. The van der Waals surface area contributed by atoms with Crippen molar-refractivity contribution in [3.63, 3.8) is 0 Å². The topological polar surface area (TPSA) is 87.2 Å². The fraction of sp³-hybridized carbons (Fsp3) is 0.308. The van der Waals surface area contributed by atoms with Crippen LogP contribution in [0.4, 0.5) is 5.69 Å². The Bertz CT molecular complexity index is 666. The van der Waals surface area contributed by atoms with Crippen LogP contribution in [0.25, 0.3) is 0 Å². The van der Waals surface area contributed by atoms with Gasteiger partial charge in [0.05, 0.1) is 19.2 Å². The van der Waals surface area contributed by atoms with Gasteiger partial charge in [-0.3, -0.25) is 0 Å². The van der Waals surface area contributed by atoms with E-state index in [0.717, 1.165) is 0 Å². The van der Waals surface area contributed by atoms with Gasteiger partial charge in [-0.05, 0) is 18.6 Å². The summed E-state index contributed by atoms with van der Waals surface area (Å²) in [6, 6.07) is 4.56. The number of rotatable bonds is 6. The van der Waals surface area contributed by atoms with Crippen molar-refractivity contribution in [3.05, 3.63) is 36.9 Å². The smallest absolute Gasteiger partial charge is 0.182 e. The summed E-state index contributed by atoms with van der Waals surface area (Å²) in [5, 5.41) is 0. The van der Waals surface area contributed by atoms with Crippen molar-refractivity contribution in [1.29, 1.82) is 0 Å². The lowest BCUT2D eigenvalue weighted by Crippen LogP contribution is -2.11. The quantitative estimate of drug-likeness (QED) is 0.813. The van der Waals surface area contributed by atoms with Gasteiger partial charge in [-0.1, -0.05) is 0 Å². The van der Waals surface area contributed by atoms with Gasteiger partial charge < -0.3 is 15.0 Å². The zero-order chi connectivity index (χ0) is 14.6. The van der Waals surface area contributed by atoms with Crippen molar-refractivity contribution in [2.75, 3.05) is 18.6 Å². The molecular formula is C13H17N3O3S. The molecular weight excluding hydrogens is 278 g/mol. The van der Waals surface area contributed by atoms with Crippen LogP contribution < -0.4 is 10.5 Å². The molecule has 1 aromatic carbocycles. The predicted octanol–water partition coefficient (Wildman–Crippen LogP) is 1.34. The van der Waals surface area contributed by atoms with Gasteiger partial charge in [0.25, 0.3) is 0 Å². The summed E-state index contributed by atoms with van der Waals surface area (Å²) in [6.07, 6.45) is 5.64. The van der Waals surface area contributed by atoms with Gasteiger partial charge in [-0.15, -0.1) is 0 Å². The SMILES string of the molecule is COc1cc(N)ccc1S(=O)(=O)CCCn1ccnc1. The maximum atomic E-state index is 12.3. The highest BCUT2D eigenvalue weighted by Gasteiger charge is 2.19. The third-order valence-electron chi connectivity index (χ3n) is 2.91. The summed E-state index contributed by atoms with van der Waals surface area (Å²) in [5.74, 6) is 0.332. The lowest BCUT2D eigenvalue weighted by molar-refractivity contribution is 0.403. The lowest BCUT2D eigenvalue weighted by Gasteiger charge is -2.10. The number of hydrogen-bond acceptors (Lipinski definition) is 5. The van der Waals surface area contributed by atoms with E-state index in [2.05, 4.69) is 4.98 Å². The van der Waals surface area contributed by atoms with Crippen LogP contribution in [-0.4, -0.2) is 30.8 Å². The van der Waals surface area contributed by atoms with E-state index >= 15 is 0 Å². The molecule has 0 saturated carbocycles. The third-order valence-corrected chi connectivity index (χ3v) is 4.74. The highest BCUT2D eigenvalue weighted by molar-refractivity contribution is 7.91. The first-order chi connectivity index (χ1) is 9.53. The van der Waals surface area contributed by atoms with Gasteiger partial charge in [-0.2, -0.15) is 0 Å². The van der Waals surface area contributed by atoms with Crippen molar-refractivity contribution in [2.24, 2.45) is 0 Å². The van der Waals surface area contributed by atoms with E-state index in [4.69, 9.17) is 10.5 Å². The molecule has 20 heavy (non-hydrogen) atoms. The Morgan fingerprint density at radius 1 is 1.40 bits per heavy atom. The molecule has 0 amide bonds. The largest absolute Gasteiger partial charge is 0.495 e. The second kappa shape index (κ2) is 5.96. The van der Waals surface area contributed by atoms with Crippen LogP contribution in [0.5, 0.6) is 5.75 Å². The molecule has 0 radical (unpaired) electrons. The highest BCUT2D eigenvalue weighted by Crippen LogP contribution is 2.27. The van der Waals surface area contributed by atoms with Crippen molar-refractivity contribution in [2.45, 2.75) is 17.9 Å². The Labute approximate surface area is 118 Å². The molecule has 0 bridgehead atoms. The number of nitrogens with two attached hydrogens (primary N) is 1. The van der Waals surface area contributed by atoms with Gasteiger partial charge >= 0.3 is 0 Å². The van der Waals surface area contributed by atoms with E-state index in [1.807, 2.05) is 4.57 Å². The van der Waals surface area contributed by atoms with Crippen molar-refractivity contribution < 1.29 is 13.2 Å². The molecule has 1 heterocycles.